The van der Waals surface area contributed by atoms with Crippen LogP contribution in [0, 0.1) is 18.8 Å². The highest BCUT2D eigenvalue weighted by molar-refractivity contribution is 7.89. The van der Waals surface area contributed by atoms with Crippen LogP contribution in [0.25, 0.3) is 0 Å². The van der Waals surface area contributed by atoms with Gasteiger partial charge in [0.2, 0.25) is 10.0 Å². The van der Waals surface area contributed by atoms with Crippen LogP contribution in [0.1, 0.15) is 37.8 Å². The van der Waals surface area contributed by atoms with Gasteiger partial charge in [0.25, 0.3) is 0 Å². The van der Waals surface area contributed by atoms with E-state index in [2.05, 4.69) is 11.8 Å². The SMILES string of the molecule is CCOC(CCCN(CC#Cc1ccccc1)S(=O)(=O)c1ccc(C)cc1)OCC. The van der Waals surface area contributed by atoms with Gasteiger partial charge < -0.3 is 9.47 Å². The second-order valence-electron chi connectivity index (χ2n) is 6.80. The van der Waals surface area contributed by atoms with Gasteiger partial charge in [-0.3, -0.25) is 0 Å². The molecule has 2 aromatic rings. The van der Waals surface area contributed by atoms with Crippen LogP contribution in [0.4, 0.5) is 0 Å². The molecular formula is C24H31NO4S. The summed E-state index contributed by atoms with van der Waals surface area (Å²) in [6.45, 7) is 7.34. The second-order valence-corrected chi connectivity index (χ2v) is 8.74. The maximum atomic E-state index is 13.2. The Kier molecular flexibility index (Phi) is 10.0. The van der Waals surface area contributed by atoms with E-state index in [1.54, 1.807) is 24.3 Å². The fourth-order valence-corrected chi connectivity index (χ4v) is 4.30. The normalized spacial score (nSPS) is 11.5. The van der Waals surface area contributed by atoms with Gasteiger partial charge in [0.1, 0.15) is 0 Å². The Morgan fingerprint density at radius 2 is 1.60 bits per heavy atom. The summed E-state index contributed by atoms with van der Waals surface area (Å²) in [5, 5.41) is 0. The van der Waals surface area contributed by atoms with Gasteiger partial charge in [0.05, 0.1) is 11.4 Å². The molecule has 0 aromatic heterocycles. The lowest BCUT2D eigenvalue weighted by molar-refractivity contribution is -0.140. The third-order valence-corrected chi connectivity index (χ3v) is 6.33. The molecule has 0 aliphatic heterocycles. The van der Waals surface area contributed by atoms with Crippen molar-refractivity contribution in [2.45, 2.75) is 44.8 Å². The predicted octanol–water partition coefficient (Wildman–Crippen LogP) is 4.22. The molecule has 0 amide bonds. The largest absolute Gasteiger partial charge is 0.353 e. The minimum atomic E-state index is -3.65. The summed E-state index contributed by atoms with van der Waals surface area (Å²) >= 11 is 0. The lowest BCUT2D eigenvalue weighted by Crippen LogP contribution is -2.33. The summed E-state index contributed by atoms with van der Waals surface area (Å²) in [4.78, 5) is 0.278. The maximum Gasteiger partial charge on any atom is 0.243 e. The van der Waals surface area contributed by atoms with Crippen molar-refractivity contribution in [3.8, 4) is 11.8 Å². The van der Waals surface area contributed by atoms with E-state index >= 15 is 0 Å². The topological polar surface area (TPSA) is 55.8 Å². The molecule has 2 aromatic carbocycles. The molecular weight excluding hydrogens is 398 g/mol. The van der Waals surface area contributed by atoms with Crippen LogP contribution in [-0.2, 0) is 19.5 Å². The van der Waals surface area contributed by atoms with E-state index < -0.39 is 10.0 Å². The van der Waals surface area contributed by atoms with E-state index in [9.17, 15) is 8.42 Å². The molecule has 0 spiro atoms. The van der Waals surface area contributed by atoms with Crippen molar-refractivity contribution in [2.24, 2.45) is 0 Å². The van der Waals surface area contributed by atoms with E-state index in [-0.39, 0.29) is 17.7 Å². The van der Waals surface area contributed by atoms with Crippen molar-refractivity contribution in [3.05, 3.63) is 65.7 Å². The quantitative estimate of drug-likeness (QED) is 0.396. The lowest BCUT2D eigenvalue weighted by Gasteiger charge is -2.22. The Morgan fingerprint density at radius 3 is 2.20 bits per heavy atom. The zero-order valence-corrected chi connectivity index (χ0v) is 18.8. The maximum absolute atomic E-state index is 13.2. The minimum Gasteiger partial charge on any atom is -0.353 e. The van der Waals surface area contributed by atoms with Crippen LogP contribution in [0.3, 0.4) is 0 Å². The first kappa shape index (κ1) is 24.1. The van der Waals surface area contributed by atoms with Gasteiger partial charge >= 0.3 is 0 Å². The highest BCUT2D eigenvalue weighted by Crippen LogP contribution is 2.17. The minimum absolute atomic E-state index is 0.124. The lowest BCUT2D eigenvalue weighted by atomic mass is 10.2. The Labute approximate surface area is 181 Å². The first-order valence-corrected chi connectivity index (χ1v) is 11.7. The zero-order chi connectivity index (χ0) is 21.8. The Balaban J connectivity index is 2.15. The van der Waals surface area contributed by atoms with Gasteiger partial charge in [-0.05, 0) is 57.9 Å². The molecule has 0 heterocycles. The van der Waals surface area contributed by atoms with Gasteiger partial charge in [0.15, 0.2) is 6.29 Å². The first-order chi connectivity index (χ1) is 14.5. The molecule has 0 N–H and O–H groups in total. The van der Waals surface area contributed by atoms with Crippen molar-refractivity contribution in [1.82, 2.24) is 4.31 Å². The molecule has 0 atom stereocenters. The van der Waals surface area contributed by atoms with Crippen molar-refractivity contribution >= 4 is 10.0 Å². The summed E-state index contributed by atoms with van der Waals surface area (Å²) < 4.78 is 39.0. The Bertz CT molecular complexity index is 909. The number of sulfonamides is 1. The molecule has 6 heteroatoms. The number of hydrogen-bond donors (Lipinski definition) is 0. The third-order valence-electron chi connectivity index (χ3n) is 4.47. The van der Waals surface area contributed by atoms with E-state index in [1.807, 2.05) is 51.1 Å². The Hall–Kier alpha value is -2.17. The van der Waals surface area contributed by atoms with Crippen molar-refractivity contribution in [3.63, 3.8) is 0 Å². The second kappa shape index (κ2) is 12.5. The average molecular weight is 430 g/mol. The highest BCUT2D eigenvalue weighted by Gasteiger charge is 2.24. The number of aryl methyl sites for hydroxylation is 1. The summed E-state index contributed by atoms with van der Waals surface area (Å²) in [6.07, 6.45) is 0.913. The van der Waals surface area contributed by atoms with Crippen molar-refractivity contribution in [2.75, 3.05) is 26.3 Å². The molecule has 0 unspecified atom stereocenters. The van der Waals surface area contributed by atoms with Crippen molar-refractivity contribution in [1.29, 1.82) is 0 Å². The molecule has 2 rings (SSSR count). The van der Waals surface area contributed by atoms with E-state index in [4.69, 9.17) is 9.47 Å². The number of benzene rings is 2. The van der Waals surface area contributed by atoms with Gasteiger partial charge in [-0.15, -0.1) is 0 Å². The summed E-state index contributed by atoms with van der Waals surface area (Å²) in [5.74, 6) is 6.05. The number of rotatable bonds is 11. The molecule has 0 fully saturated rings. The summed E-state index contributed by atoms with van der Waals surface area (Å²) in [7, 11) is -3.65. The molecule has 30 heavy (non-hydrogen) atoms. The monoisotopic (exact) mass is 429 g/mol. The predicted molar refractivity (Wildman–Crippen MR) is 120 cm³/mol. The number of ether oxygens (including phenoxy) is 2. The first-order valence-electron chi connectivity index (χ1n) is 10.3. The smallest absolute Gasteiger partial charge is 0.243 e. The molecule has 0 bridgehead atoms. The van der Waals surface area contributed by atoms with E-state index in [0.717, 1.165) is 11.1 Å². The van der Waals surface area contributed by atoms with Crippen LogP contribution in [0.15, 0.2) is 59.5 Å². The van der Waals surface area contributed by atoms with Crippen LogP contribution in [0.5, 0.6) is 0 Å². The third kappa shape index (κ3) is 7.58. The van der Waals surface area contributed by atoms with E-state index in [1.165, 1.54) is 4.31 Å². The van der Waals surface area contributed by atoms with E-state index in [0.29, 0.717) is 32.6 Å². The van der Waals surface area contributed by atoms with Gasteiger partial charge in [0, 0.05) is 25.3 Å². The number of hydrogen-bond acceptors (Lipinski definition) is 4. The highest BCUT2D eigenvalue weighted by atomic mass is 32.2. The Morgan fingerprint density at radius 1 is 0.967 bits per heavy atom. The van der Waals surface area contributed by atoms with Crippen LogP contribution < -0.4 is 0 Å². The molecule has 0 aliphatic rings. The molecule has 0 saturated carbocycles. The van der Waals surface area contributed by atoms with Gasteiger partial charge in [-0.1, -0.05) is 47.7 Å². The van der Waals surface area contributed by atoms with Gasteiger partial charge in [-0.25, -0.2) is 8.42 Å². The molecule has 0 aliphatic carbocycles. The summed E-state index contributed by atoms with van der Waals surface area (Å²) in [6, 6.07) is 16.4. The van der Waals surface area contributed by atoms with Crippen molar-refractivity contribution < 1.29 is 17.9 Å². The zero-order valence-electron chi connectivity index (χ0n) is 18.0. The number of nitrogens with zero attached hydrogens (tertiary/aromatic N) is 1. The standard InChI is InChI=1S/C24H31NO4S/c1-4-28-24(29-5-2)14-10-20-25(19-9-13-22-11-7-6-8-12-22)30(26,27)23-17-15-21(3)16-18-23/h6-8,11-12,15-18,24H,4-5,10,14,19-20H2,1-3H3. The van der Waals surface area contributed by atoms with Crippen LogP contribution in [-0.4, -0.2) is 45.3 Å². The molecule has 0 saturated heterocycles. The fourth-order valence-electron chi connectivity index (χ4n) is 2.92. The fraction of sp³-hybridized carbons (Fsp3) is 0.417. The van der Waals surface area contributed by atoms with Crippen LogP contribution >= 0.6 is 0 Å². The van der Waals surface area contributed by atoms with Gasteiger partial charge in [-0.2, -0.15) is 4.31 Å². The summed E-state index contributed by atoms with van der Waals surface area (Å²) in [5.41, 5.74) is 1.87. The molecule has 162 valence electrons. The molecule has 5 nitrogen and oxygen atoms in total. The van der Waals surface area contributed by atoms with Crippen LogP contribution in [0.2, 0.25) is 0 Å². The molecule has 0 radical (unpaired) electrons. The average Bonchev–Trinajstić information content (AvgIpc) is 2.74.